The van der Waals surface area contributed by atoms with Crippen LogP contribution in [0.15, 0.2) is 0 Å². The minimum Gasteiger partial charge on any atom is -0.391 e. The van der Waals surface area contributed by atoms with Crippen LogP contribution in [0.3, 0.4) is 0 Å². The van der Waals surface area contributed by atoms with Gasteiger partial charge in [0.15, 0.2) is 0 Å². The maximum Gasteiger partial charge on any atom is 0.0695 e. The van der Waals surface area contributed by atoms with Crippen LogP contribution in [-0.4, -0.2) is 35.2 Å². The second kappa shape index (κ2) is 5.33. The second-order valence-corrected chi connectivity index (χ2v) is 4.30. The van der Waals surface area contributed by atoms with Gasteiger partial charge in [-0.15, -0.1) is 0 Å². The van der Waals surface area contributed by atoms with E-state index in [2.05, 4.69) is 11.0 Å². The van der Waals surface area contributed by atoms with Crippen molar-refractivity contribution in [1.29, 1.82) is 5.26 Å². The fraction of sp³-hybridized carbons (Fsp3) is 0.909. The molecule has 80 valence electrons. The number of nitrogens with zero attached hydrogens (tertiary/aromatic N) is 2. The maximum atomic E-state index is 9.83. The summed E-state index contributed by atoms with van der Waals surface area (Å²) in [5, 5.41) is 18.4. The van der Waals surface area contributed by atoms with Gasteiger partial charge in [-0.2, -0.15) is 5.26 Å². The molecule has 1 aliphatic carbocycles. The molecule has 0 saturated heterocycles. The summed E-state index contributed by atoms with van der Waals surface area (Å²) < 4.78 is 0. The predicted molar refractivity (Wildman–Crippen MR) is 55.7 cm³/mol. The van der Waals surface area contributed by atoms with Crippen LogP contribution in [0.2, 0.25) is 0 Å². The molecule has 0 amide bonds. The lowest BCUT2D eigenvalue weighted by Gasteiger charge is -2.38. The Morgan fingerprint density at radius 3 is 2.71 bits per heavy atom. The third-order valence-corrected chi connectivity index (χ3v) is 3.30. The average molecular weight is 196 g/mol. The van der Waals surface area contributed by atoms with E-state index in [-0.39, 0.29) is 18.2 Å². The molecule has 3 heteroatoms. The highest BCUT2D eigenvalue weighted by Gasteiger charge is 2.28. The quantitative estimate of drug-likeness (QED) is 0.744. The van der Waals surface area contributed by atoms with Crippen molar-refractivity contribution in [2.45, 2.75) is 57.2 Å². The van der Waals surface area contributed by atoms with Gasteiger partial charge < -0.3 is 5.11 Å². The highest BCUT2D eigenvalue weighted by atomic mass is 16.3. The molecule has 0 aromatic heterocycles. The number of rotatable bonds is 3. The van der Waals surface area contributed by atoms with Crippen molar-refractivity contribution in [3.8, 4) is 6.07 Å². The Kier molecular flexibility index (Phi) is 4.37. The molecule has 1 aliphatic rings. The zero-order valence-electron chi connectivity index (χ0n) is 9.11. The van der Waals surface area contributed by atoms with Gasteiger partial charge in [-0.25, -0.2) is 0 Å². The van der Waals surface area contributed by atoms with E-state index in [9.17, 15) is 5.11 Å². The first kappa shape index (κ1) is 11.5. The van der Waals surface area contributed by atoms with Crippen molar-refractivity contribution in [2.75, 3.05) is 7.05 Å². The molecule has 0 aromatic carbocycles. The van der Waals surface area contributed by atoms with E-state index in [0.717, 1.165) is 19.3 Å². The first-order valence-corrected chi connectivity index (χ1v) is 5.43. The molecule has 0 heterocycles. The van der Waals surface area contributed by atoms with Gasteiger partial charge in [-0.3, -0.25) is 4.90 Å². The summed E-state index contributed by atoms with van der Waals surface area (Å²) in [5.41, 5.74) is 0. The number of hydrogen-bond acceptors (Lipinski definition) is 3. The summed E-state index contributed by atoms with van der Waals surface area (Å²) in [5.74, 6) is 0. The molecule has 1 saturated carbocycles. The molecule has 1 unspecified atom stereocenters. The SMILES string of the molecule is CC(CC#N)N(C)[C@@H]1CCCC[C@H]1O. The van der Waals surface area contributed by atoms with Crippen LogP contribution in [0.5, 0.6) is 0 Å². The van der Waals surface area contributed by atoms with Crippen molar-refractivity contribution >= 4 is 0 Å². The van der Waals surface area contributed by atoms with E-state index in [0.29, 0.717) is 6.42 Å². The molecule has 0 aliphatic heterocycles. The summed E-state index contributed by atoms with van der Waals surface area (Å²) in [4.78, 5) is 2.16. The molecule has 14 heavy (non-hydrogen) atoms. The van der Waals surface area contributed by atoms with E-state index in [1.165, 1.54) is 6.42 Å². The predicted octanol–water partition coefficient (Wildman–Crippen LogP) is 1.52. The smallest absolute Gasteiger partial charge is 0.0695 e. The van der Waals surface area contributed by atoms with Crippen LogP contribution in [-0.2, 0) is 0 Å². The molecular formula is C11H20N2O. The van der Waals surface area contributed by atoms with Gasteiger partial charge in [0.05, 0.1) is 18.6 Å². The Bertz CT molecular complexity index is 212. The Morgan fingerprint density at radius 2 is 2.14 bits per heavy atom. The number of aliphatic hydroxyl groups excluding tert-OH is 1. The van der Waals surface area contributed by atoms with Crippen LogP contribution in [0.25, 0.3) is 0 Å². The topological polar surface area (TPSA) is 47.3 Å². The molecule has 1 N–H and O–H groups in total. The van der Waals surface area contributed by atoms with Crippen LogP contribution in [0.1, 0.15) is 39.0 Å². The highest BCUT2D eigenvalue weighted by molar-refractivity contribution is 4.87. The number of hydrogen-bond donors (Lipinski definition) is 1. The lowest BCUT2D eigenvalue weighted by atomic mass is 9.91. The summed E-state index contributed by atoms with van der Waals surface area (Å²) in [7, 11) is 2.02. The van der Waals surface area contributed by atoms with Gasteiger partial charge in [0.25, 0.3) is 0 Å². The van der Waals surface area contributed by atoms with Crippen LogP contribution >= 0.6 is 0 Å². The van der Waals surface area contributed by atoms with Gasteiger partial charge in [0.1, 0.15) is 0 Å². The van der Waals surface area contributed by atoms with Crippen LogP contribution in [0, 0.1) is 11.3 Å². The summed E-state index contributed by atoms with van der Waals surface area (Å²) in [6, 6.07) is 2.68. The zero-order valence-corrected chi connectivity index (χ0v) is 9.11. The van der Waals surface area contributed by atoms with Gasteiger partial charge in [-0.1, -0.05) is 12.8 Å². The molecule has 0 radical (unpaired) electrons. The van der Waals surface area contributed by atoms with Crippen molar-refractivity contribution in [3.63, 3.8) is 0 Å². The lowest BCUT2D eigenvalue weighted by molar-refractivity contribution is 0.0168. The molecule has 0 bridgehead atoms. The molecular weight excluding hydrogens is 176 g/mol. The second-order valence-electron chi connectivity index (χ2n) is 4.30. The zero-order chi connectivity index (χ0) is 10.6. The summed E-state index contributed by atoms with van der Waals surface area (Å²) in [6.45, 7) is 2.05. The number of aliphatic hydroxyl groups is 1. The molecule has 1 rings (SSSR count). The molecule has 3 nitrogen and oxygen atoms in total. The van der Waals surface area contributed by atoms with Crippen molar-refractivity contribution < 1.29 is 5.11 Å². The Morgan fingerprint density at radius 1 is 1.50 bits per heavy atom. The lowest BCUT2D eigenvalue weighted by Crippen LogP contribution is -2.47. The van der Waals surface area contributed by atoms with Crippen molar-refractivity contribution in [2.24, 2.45) is 0 Å². The number of likely N-dealkylation sites (N-methyl/N-ethyl adjacent to an activating group) is 1. The monoisotopic (exact) mass is 196 g/mol. The molecule has 0 aromatic rings. The largest absolute Gasteiger partial charge is 0.391 e. The van der Waals surface area contributed by atoms with Gasteiger partial charge in [0.2, 0.25) is 0 Å². The average Bonchev–Trinajstić information content (AvgIpc) is 2.18. The molecule has 0 spiro atoms. The van der Waals surface area contributed by atoms with Crippen LogP contribution < -0.4 is 0 Å². The van der Waals surface area contributed by atoms with E-state index in [1.54, 1.807) is 0 Å². The van der Waals surface area contributed by atoms with E-state index < -0.39 is 0 Å². The third kappa shape index (κ3) is 2.70. The minimum atomic E-state index is -0.199. The first-order valence-electron chi connectivity index (χ1n) is 5.43. The van der Waals surface area contributed by atoms with Gasteiger partial charge in [0, 0.05) is 12.1 Å². The fourth-order valence-corrected chi connectivity index (χ4v) is 2.17. The van der Waals surface area contributed by atoms with Crippen molar-refractivity contribution in [3.05, 3.63) is 0 Å². The van der Waals surface area contributed by atoms with Gasteiger partial charge >= 0.3 is 0 Å². The summed E-state index contributed by atoms with van der Waals surface area (Å²) in [6.07, 6.45) is 4.65. The Balaban J connectivity index is 2.49. The van der Waals surface area contributed by atoms with Crippen LogP contribution in [0.4, 0.5) is 0 Å². The highest BCUT2D eigenvalue weighted by Crippen LogP contribution is 2.24. The van der Waals surface area contributed by atoms with E-state index in [4.69, 9.17) is 5.26 Å². The van der Waals surface area contributed by atoms with E-state index in [1.807, 2.05) is 14.0 Å². The van der Waals surface area contributed by atoms with Gasteiger partial charge in [-0.05, 0) is 26.8 Å². The third-order valence-electron chi connectivity index (χ3n) is 3.30. The normalized spacial score (nSPS) is 29.9. The Hall–Kier alpha value is -0.590. The van der Waals surface area contributed by atoms with E-state index >= 15 is 0 Å². The summed E-state index contributed by atoms with van der Waals surface area (Å²) >= 11 is 0. The Labute approximate surface area is 86.3 Å². The maximum absolute atomic E-state index is 9.83. The van der Waals surface area contributed by atoms with Crippen molar-refractivity contribution in [1.82, 2.24) is 4.90 Å². The standard InChI is InChI=1S/C11H20N2O/c1-9(7-8-12)13(2)10-5-3-4-6-11(10)14/h9-11,14H,3-7H2,1-2H3/t9?,10-,11-/m1/s1. The minimum absolute atomic E-state index is 0.199. The molecule has 3 atom stereocenters. The first-order chi connectivity index (χ1) is 6.66. The molecule has 1 fully saturated rings. The number of nitriles is 1. The fourth-order valence-electron chi connectivity index (χ4n) is 2.17.